The zero-order valence-electron chi connectivity index (χ0n) is 19.7. The van der Waals surface area contributed by atoms with E-state index in [0.717, 1.165) is 39.0 Å². The molecule has 1 atom stereocenters. The average molecular weight is 519 g/mol. The van der Waals surface area contributed by atoms with E-state index in [0.29, 0.717) is 17.8 Å². The number of aromatic nitrogens is 2. The Hall–Kier alpha value is -3.19. The standard InChI is InChI=1S/C27H27BrN4O2/c1-15-5-10-19(11-16(15)2)30-26(34)20-14-29-32-24(17-6-8-18(28)9-7-17)23-21(31-25(20)32)12-27(3,4)13-22(23)33/h5-11,14,24,31H,12-13H2,1-4H3,(H,30,34)/t24-/m1/s1. The fraction of sp³-hybridized carbons (Fsp3) is 0.296. The number of fused-ring (bicyclic) bond motifs is 1. The van der Waals surface area contributed by atoms with Gasteiger partial charge in [-0.05, 0) is 66.6 Å². The van der Waals surface area contributed by atoms with E-state index in [1.54, 1.807) is 10.9 Å². The Morgan fingerprint density at radius 3 is 2.56 bits per heavy atom. The van der Waals surface area contributed by atoms with E-state index in [1.807, 2.05) is 56.3 Å². The minimum atomic E-state index is -0.383. The second-order valence-electron chi connectivity index (χ2n) is 10.0. The van der Waals surface area contributed by atoms with Crippen molar-refractivity contribution in [2.24, 2.45) is 5.41 Å². The van der Waals surface area contributed by atoms with Gasteiger partial charge in [-0.2, -0.15) is 5.10 Å². The summed E-state index contributed by atoms with van der Waals surface area (Å²) in [7, 11) is 0. The number of carbonyl (C=O) groups is 2. The summed E-state index contributed by atoms with van der Waals surface area (Å²) in [5.41, 5.74) is 5.88. The molecule has 7 heteroatoms. The summed E-state index contributed by atoms with van der Waals surface area (Å²) in [4.78, 5) is 26.6. The maximum atomic E-state index is 13.3. The number of halogens is 1. The van der Waals surface area contributed by atoms with E-state index >= 15 is 0 Å². The van der Waals surface area contributed by atoms with E-state index in [1.165, 1.54) is 5.56 Å². The Kier molecular flexibility index (Phi) is 5.47. The molecule has 174 valence electrons. The second-order valence-corrected chi connectivity index (χ2v) is 10.9. The first-order valence-electron chi connectivity index (χ1n) is 11.4. The number of Topliss-reactive ketones (excluding diaryl/α,β-unsaturated/α-hetero) is 1. The zero-order valence-corrected chi connectivity index (χ0v) is 21.3. The quantitative estimate of drug-likeness (QED) is 0.434. The Labute approximate surface area is 207 Å². The van der Waals surface area contributed by atoms with Crippen molar-refractivity contribution in [3.8, 4) is 0 Å². The molecule has 1 amide bonds. The summed E-state index contributed by atoms with van der Waals surface area (Å²) in [6.45, 7) is 8.26. The number of anilines is 2. The van der Waals surface area contributed by atoms with Crippen molar-refractivity contribution in [1.29, 1.82) is 0 Å². The molecule has 0 unspecified atom stereocenters. The molecule has 0 saturated carbocycles. The Morgan fingerprint density at radius 2 is 1.85 bits per heavy atom. The summed E-state index contributed by atoms with van der Waals surface area (Å²) in [6.07, 6.45) is 2.79. The summed E-state index contributed by atoms with van der Waals surface area (Å²) >= 11 is 3.49. The molecule has 0 bridgehead atoms. The number of amides is 1. The number of nitrogens with zero attached hydrogens (tertiary/aromatic N) is 2. The molecule has 1 aliphatic carbocycles. The Balaban J connectivity index is 1.58. The molecule has 0 saturated heterocycles. The first-order valence-corrected chi connectivity index (χ1v) is 12.2. The zero-order chi connectivity index (χ0) is 24.2. The van der Waals surface area contributed by atoms with Gasteiger partial charge in [0.15, 0.2) is 5.78 Å². The van der Waals surface area contributed by atoms with E-state index < -0.39 is 0 Å². The molecule has 1 aliphatic heterocycles. The number of aryl methyl sites for hydroxylation is 2. The molecule has 3 aromatic rings. The third kappa shape index (κ3) is 3.98. The highest BCUT2D eigenvalue weighted by Crippen LogP contribution is 2.46. The van der Waals surface area contributed by atoms with Gasteiger partial charge in [-0.15, -0.1) is 0 Å². The van der Waals surface area contributed by atoms with Gasteiger partial charge in [0.2, 0.25) is 0 Å². The van der Waals surface area contributed by atoms with Crippen molar-refractivity contribution >= 4 is 39.1 Å². The van der Waals surface area contributed by atoms with E-state index in [-0.39, 0.29) is 23.1 Å². The van der Waals surface area contributed by atoms with Gasteiger partial charge in [0, 0.05) is 27.9 Å². The molecule has 5 rings (SSSR count). The smallest absolute Gasteiger partial charge is 0.261 e. The van der Waals surface area contributed by atoms with Crippen molar-refractivity contribution in [2.45, 2.75) is 46.6 Å². The Morgan fingerprint density at radius 1 is 1.12 bits per heavy atom. The molecule has 2 aliphatic rings. The molecule has 0 fully saturated rings. The lowest BCUT2D eigenvalue weighted by molar-refractivity contribution is -0.118. The third-order valence-corrected chi connectivity index (χ3v) is 7.23. The van der Waals surface area contributed by atoms with Crippen molar-refractivity contribution < 1.29 is 9.59 Å². The van der Waals surface area contributed by atoms with Crippen LogP contribution < -0.4 is 10.6 Å². The van der Waals surface area contributed by atoms with Gasteiger partial charge in [0.05, 0.1) is 6.20 Å². The van der Waals surface area contributed by atoms with E-state index in [9.17, 15) is 9.59 Å². The number of rotatable bonds is 3. The highest BCUT2D eigenvalue weighted by Gasteiger charge is 2.42. The summed E-state index contributed by atoms with van der Waals surface area (Å²) in [6, 6.07) is 13.4. The van der Waals surface area contributed by atoms with Crippen LogP contribution in [0.4, 0.5) is 11.5 Å². The number of hydrogen-bond acceptors (Lipinski definition) is 4. The van der Waals surface area contributed by atoms with Crippen LogP contribution in [0.2, 0.25) is 0 Å². The molecular formula is C27H27BrN4O2. The van der Waals surface area contributed by atoms with Crippen LogP contribution in [-0.2, 0) is 4.79 Å². The van der Waals surface area contributed by atoms with E-state index in [2.05, 4.69) is 45.5 Å². The van der Waals surface area contributed by atoms with Crippen LogP contribution in [0.5, 0.6) is 0 Å². The molecule has 6 nitrogen and oxygen atoms in total. The lowest BCUT2D eigenvalue weighted by Crippen LogP contribution is -2.37. The van der Waals surface area contributed by atoms with Gasteiger partial charge in [0.25, 0.3) is 5.91 Å². The fourth-order valence-electron chi connectivity index (χ4n) is 4.85. The number of benzene rings is 2. The van der Waals surface area contributed by atoms with Gasteiger partial charge in [-0.25, -0.2) is 4.68 Å². The molecule has 1 aromatic heterocycles. The number of nitrogens with one attached hydrogen (secondary N) is 2. The second kappa shape index (κ2) is 8.24. The first-order chi connectivity index (χ1) is 16.1. The van der Waals surface area contributed by atoms with Crippen LogP contribution in [-0.4, -0.2) is 21.5 Å². The monoisotopic (exact) mass is 518 g/mol. The first kappa shape index (κ1) is 22.6. The third-order valence-electron chi connectivity index (χ3n) is 6.70. The topological polar surface area (TPSA) is 76.0 Å². The Bertz CT molecular complexity index is 1350. The van der Waals surface area contributed by atoms with Gasteiger partial charge in [-0.1, -0.05) is 48.0 Å². The summed E-state index contributed by atoms with van der Waals surface area (Å²) in [5, 5.41) is 11.0. The highest BCUT2D eigenvalue weighted by atomic mass is 79.9. The predicted octanol–water partition coefficient (Wildman–Crippen LogP) is 6.17. The van der Waals surface area contributed by atoms with Crippen molar-refractivity contribution in [2.75, 3.05) is 10.6 Å². The van der Waals surface area contributed by atoms with Gasteiger partial charge in [-0.3, -0.25) is 9.59 Å². The van der Waals surface area contributed by atoms with E-state index in [4.69, 9.17) is 0 Å². The summed E-state index contributed by atoms with van der Waals surface area (Å²) in [5.74, 6) is 0.490. The predicted molar refractivity (Wildman–Crippen MR) is 137 cm³/mol. The fourth-order valence-corrected chi connectivity index (χ4v) is 5.11. The molecule has 0 spiro atoms. The van der Waals surface area contributed by atoms with Crippen molar-refractivity contribution in [3.63, 3.8) is 0 Å². The van der Waals surface area contributed by atoms with Crippen LogP contribution >= 0.6 is 15.9 Å². The normalized spacial score (nSPS) is 18.7. The van der Waals surface area contributed by atoms with Gasteiger partial charge in [0.1, 0.15) is 17.4 Å². The number of allylic oxidation sites excluding steroid dienone is 2. The lowest BCUT2D eigenvalue weighted by Gasteiger charge is -2.39. The minimum Gasteiger partial charge on any atom is -0.343 e. The van der Waals surface area contributed by atoms with Crippen LogP contribution in [0.1, 0.15) is 59.8 Å². The maximum Gasteiger partial charge on any atom is 0.261 e. The van der Waals surface area contributed by atoms with Crippen molar-refractivity contribution in [3.05, 3.63) is 86.7 Å². The van der Waals surface area contributed by atoms with Gasteiger partial charge < -0.3 is 10.6 Å². The number of hydrogen-bond donors (Lipinski definition) is 2. The average Bonchev–Trinajstić information content (AvgIpc) is 3.18. The van der Waals surface area contributed by atoms with Crippen molar-refractivity contribution in [1.82, 2.24) is 9.78 Å². The largest absolute Gasteiger partial charge is 0.343 e. The van der Waals surface area contributed by atoms with Crippen LogP contribution in [0.3, 0.4) is 0 Å². The van der Waals surface area contributed by atoms with Crippen LogP contribution in [0, 0.1) is 19.3 Å². The number of ketones is 1. The highest BCUT2D eigenvalue weighted by molar-refractivity contribution is 9.10. The summed E-state index contributed by atoms with van der Waals surface area (Å²) < 4.78 is 2.73. The van der Waals surface area contributed by atoms with Crippen LogP contribution in [0.15, 0.2) is 64.4 Å². The SMILES string of the molecule is Cc1ccc(NC(=O)c2cnn3c2NC2=C(C(=O)CC(C)(C)C2)[C@H]3c2ccc(Br)cc2)cc1C. The molecule has 0 radical (unpaired) electrons. The van der Waals surface area contributed by atoms with Gasteiger partial charge >= 0.3 is 0 Å². The number of carbonyl (C=O) groups excluding carboxylic acids is 2. The van der Waals surface area contributed by atoms with Crippen LogP contribution in [0.25, 0.3) is 0 Å². The molecule has 34 heavy (non-hydrogen) atoms. The molecule has 2 aromatic carbocycles. The molecule has 2 heterocycles. The minimum absolute atomic E-state index is 0.119. The molecular weight excluding hydrogens is 492 g/mol. The maximum absolute atomic E-state index is 13.3. The lowest BCUT2D eigenvalue weighted by atomic mass is 9.73. The molecule has 2 N–H and O–H groups in total.